The minimum atomic E-state index is -4.92. The van der Waals surface area contributed by atoms with Crippen molar-refractivity contribution in [3.63, 3.8) is 0 Å². The maximum absolute atomic E-state index is 13.4. The van der Waals surface area contributed by atoms with Gasteiger partial charge >= 0.3 is 12.4 Å². The Morgan fingerprint density at radius 2 is 1.74 bits per heavy atom. The summed E-state index contributed by atoms with van der Waals surface area (Å²) in [6.07, 6.45) is -5.68. The van der Waals surface area contributed by atoms with Crippen LogP contribution in [0.3, 0.4) is 0 Å². The van der Waals surface area contributed by atoms with Gasteiger partial charge in [-0.2, -0.15) is 26.3 Å². The summed E-state index contributed by atoms with van der Waals surface area (Å²) in [4.78, 5) is 15.9. The summed E-state index contributed by atoms with van der Waals surface area (Å²) >= 11 is 0. The lowest BCUT2D eigenvalue weighted by Crippen LogP contribution is -2.46. The molecule has 1 aromatic rings. The van der Waals surface area contributed by atoms with Crippen molar-refractivity contribution in [3.8, 4) is 0 Å². The van der Waals surface area contributed by atoms with Crippen LogP contribution in [-0.2, 0) is 28.4 Å². The number of alkyl halides is 6. The van der Waals surface area contributed by atoms with Crippen molar-refractivity contribution in [2.75, 3.05) is 19.8 Å². The molecule has 1 aliphatic carbocycles. The molecule has 4 rings (SSSR count). The lowest BCUT2D eigenvalue weighted by molar-refractivity contribution is -0.143. The number of amides is 1. The number of rotatable bonds is 5. The van der Waals surface area contributed by atoms with Crippen LogP contribution in [0.2, 0.25) is 0 Å². The van der Waals surface area contributed by atoms with E-state index in [9.17, 15) is 31.1 Å². The molecular weight excluding hydrogens is 474 g/mol. The highest BCUT2D eigenvalue weighted by Gasteiger charge is 2.51. The second-order valence-electron chi connectivity index (χ2n) is 10.5. The Bertz CT molecular complexity index is 899. The SMILES string of the molecule is CC(C)[C@]1(C(=O)NCc2cc(C(F)(F)F)cc(C(F)(F)F)c2)CC[C@@H](N2CCC3COCCC32)C1. The van der Waals surface area contributed by atoms with E-state index in [1.807, 2.05) is 13.8 Å². The van der Waals surface area contributed by atoms with Crippen molar-refractivity contribution >= 4 is 5.91 Å². The van der Waals surface area contributed by atoms with Gasteiger partial charge in [0.25, 0.3) is 0 Å². The molecule has 35 heavy (non-hydrogen) atoms. The fourth-order valence-corrected chi connectivity index (χ4v) is 6.24. The predicted molar refractivity (Wildman–Crippen MR) is 117 cm³/mol. The van der Waals surface area contributed by atoms with E-state index >= 15 is 0 Å². The topological polar surface area (TPSA) is 41.6 Å². The maximum atomic E-state index is 13.4. The zero-order valence-corrected chi connectivity index (χ0v) is 19.9. The van der Waals surface area contributed by atoms with Crippen LogP contribution in [0.4, 0.5) is 26.3 Å². The van der Waals surface area contributed by atoms with Crippen molar-refractivity contribution in [2.24, 2.45) is 17.3 Å². The lowest BCUT2D eigenvalue weighted by atomic mass is 9.74. The van der Waals surface area contributed by atoms with E-state index in [-0.39, 0.29) is 29.5 Å². The van der Waals surface area contributed by atoms with Gasteiger partial charge in [0, 0.05) is 25.2 Å². The molecule has 0 radical (unpaired) electrons. The Hall–Kier alpha value is -1.81. The Morgan fingerprint density at radius 3 is 2.34 bits per heavy atom. The van der Waals surface area contributed by atoms with Crippen LogP contribution in [0.25, 0.3) is 0 Å². The van der Waals surface area contributed by atoms with Crippen LogP contribution in [0.15, 0.2) is 18.2 Å². The first-order valence-electron chi connectivity index (χ1n) is 12.2. The Balaban J connectivity index is 1.48. The number of nitrogens with one attached hydrogen (secondary N) is 1. The number of halogens is 6. The molecule has 3 aliphatic rings. The van der Waals surface area contributed by atoms with Gasteiger partial charge in [-0.25, -0.2) is 0 Å². The number of carbonyl (C=O) groups excluding carboxylic acids is 1. The van der Waals surface area contributed by atoms with E-state index < -0.39 is 35.4 Å². The summed E-state index contributed by atoms with van der Waals surface area (Å²) in [5.74, 6) is 0.187. The van der Waals surface area contributed by atoms with E-state index in [1.165, 1.54) is 0 Å². The number of fused-ring (bicyclic) bond motifs is 1. The molecule has 4 atom stereocenters. The van der Waals surface area contributed by atoms with Gasteiger partial charge < -0.3 is 10.1 Å². The van der Waals surface area contributed by atoms with Crippen molar-refractivity contribution in [1.29, 1.82) is 0 Å². The minimum Gasteiger partial charge on any atom is -0.381 e. The number of benzene rings is 1. The van der Waals surface area contributed by atoms with Crippen molar-refractivity contribution in [1.82, 2.24) is 10.2 Å². The normalized spacial score (nSPS) is 30.0. The first-order chi connectivity index (χ1) is 16.3. The van der Waals surface area contributed by atoms with Gasteiger partial charge in [0.2, 0.25) is 5.91 Å². The molecule has 1 amide bonds. The van der Waals surface area contributed by atoms with Crippen LogP contribution >= 0.6 is 0 Å². The van der Waals surface area contributed by atoms with E-state index in [4.69, 9.17) is 4.74 Å². The first kappa shape index (κ1) is 26.3. The summed E-state index contributed by atoms with van der Waals surface area (Å²) in [5.41, 5.74) is -3.69. The van der Waals surface area contributed by atoms with Crippen molar-refractivity contribution in [2.45, 2.75) is 76.9 Å². The molecule has 2 heterocycles. The quantitative estimate of drug-likeness (QED) is 0.525. The largest absolute Gasteiger partial charge is 0.416 e. The monoisotopic (exact) mass is 506 g/mol. The predicted octanol–water partition coefficient (Wildman–Crippen LogP) is 5.65. The number of hydrogen-bond donors (Lipinski definition) is 1. The van der Waals surface area contributed by atoms with Gasteiger partial charge in [-0.3, -0.25) is 9.69 Å². The molecule has 2 unspecified atom stereocenters. The Labute approximate surface area is 201 Å². The van der Waals surface area contributed by atoms with E-state index in [0.717, 1.165) is 39.0 Å². The number of carbonyl (C=O) groups is 1. The summed E-state index contributed by atoms with van der Waals surface area (Å²) in [7, 11) is 0. The average molecular weight is 507 g/mol. The highest BCUT2D eigenvalue weighted by Crippen LogP contribution is 2.48. The molecule has 2 aliphatic heterocycles. The smallest absolute Gasteiger partial charge is 0.381 e. The van der Waals surface area contributed by atoms with E-state index in [2.05, 4.69) is 10.2 Å². The molecular formula is C25H32F6N2O2. The third kappa shape index (κ3) is 5.33. The van der Waals surface area contributed by atoms with Gasteiger partial charge in [0.15, 0.2) is 0 Å². The summed E-state index contributed by atoms with van der Waals surface area (Å²) < 4.78 is 84.7. The van der Waals surface area contributed by atoms with Crippen LogP contribution in [0, 0.1) is 17.3 Å². The zero-order chi connectivity index (χ0) is 25.6. The molecule has 0 spiro atoms. The number of nitrogens with zero attached hydrogens (tertiary/aromatic N) is 1. The van der Waals surface area contributed by atoms with Gasteiger partial charge in [-0.15, -0.1) is 0 Å². The molecule has 10 heteroatoms. The van der Waals surface area contributed by atoms with Crippen molar-refractivity contribution in [3.05, 3.63) is 34.9 Å². The van der Waals surface area contributed by atoms with Crippen LogP contribution in [0.5, 0.6) is 0 Å². The second-order valence-corrected chi connectivity index (χ2v) is 10.5. The van der Waals surface area contributed by atoms with Crippen LogP contribution in [0.1, 0.15) is 62.6 Å². The average Bonchev–Trinajstić information content (AvgIpc) is 3.41. The molecule has 4 nitrogen and oxygen atoms in total. The summed E-state index contributed by atoms with van der Waals surface area (Å²) in [6.45, 7) is 5.97. The number of likely N-dealkylation sites (tertiary alicyclic amines) is 1. The fraction of sp³-hybridized carbons (Fsp3) is 0.720. The first-order valence-corrected chi connectivity index (χ1v) is 12.2. The van der Waals surface area contributed by atoms with Gasteiger partial charge in [0.1, 0.15) is 0 Å². The highest BCUT2D eigenvalue weighted by atomic mass is 19.4. The minimum absolute atomic E-state index is 0.0205. The Morgan fingerprint density at radius 1 is 1.09 bits per heavy atom. The van der Waals surface area contributed by atoms with Crippen molar-refractivity contribution < 1.29 is 35.9 Å². The molecule has 1 aromatic carbocycles. The Kier molecular flexibility index (Phi) is 7.18. The molecule has 1 saturated carbocycles. The van der Waals surface area contributed by atoms with Gasteiger partial charge in [-0.1, -0.05) is 13.8 Å². The van der Waals surface area contributed by atoms with Crippen LogP contribution in [-0.4, -0.2) is 42.6 Å². The van der Waals surface area contributed by atoms with Gasteiger partial charge in [-0.05, 0) is 74.2 Å². The van der Waals surface area contributed by atoms with E-state index in [0.29, 0.717) is 36.9 Å². The fourth-order valence-electron chi connectivity index (χ4n) is 6.24. The molecule has 0 bridgehead atoms. The molecule has 0 aromatic heterocycles. The van der Waals surface area contributed by atoms with Gasteiger partial charge in [0.05, 0.1) is 23.1 Å². The summed E-state index contributed by atoms with van der Waals surface area (Å²) in [5, 5.41) is 2.68. The third-order valence-corrected chi connectivity index (χ3v) is 8.27. The molecule has 3 fully saturated rings. The molecule has 1 N–H and O–H groups in total. The third-order valence-electron chi connectivity index (χ3n) is 8.27. The van der Waals surface area contributed by atoms with Crippen LogP contribution < -0.4 is 5.32 Å². The standard InChI is InChI=1S/C25H32F6N2O2/c1-15(2)23(6-3-20(12-23)33-7-4-17-14-35-8-5-21(17)33)22(34)32-13-16-9-18(24(26,27)28)11-19(10-16)25(29,30)31/h9-11,15,17,20-21H,3-8,12-14H2,1-2H3,(H,32,34)/t17?,20-,21?,23+/m1/s1. The second kappa shape index (κ2) is 9.57. The number of hydrogen-bond acceptors (Lipinski definition) is 3. The zero-order valence-electron chi connectivity index (χ0n) is 19.9. The highest BCUT2D eigenvalue weighted by molar-refractivity contribution is 5.83. The lowest BCUT2D eigenvalue weighted by Gasteiger charge is -2.37. The molecule has 196 valence electrons. The number of ether oxygens (including phenoxy) is 1. The molecule has 2 saturated heterocycles. The van der Waals surface area contributed by atoms with E-state index in [1.54, 1.807) is 0 Å². The summed E-state index contributed by atoms with van der Waals surface area (Å²) in [6, 6.07) is 2.13. The maximum Gasteiger partial charge on any atom is 0.416 e.